The van der Waals surface area contributed by atoms with Crippen molar-refractivity contribution >= 4 is 23.3 Å². The first kappa shape index (κ1) is 24.1. The molecule has 3 rings (SSSR count). The summed E-state index contributed by atoms with van der Waals surface area (Å²) in [5, 5.41) is 0. The van der Waals surface area contributed by atoms with Crippen LogP contribution in [-0.4, -0.2) is 18.0 Å². The Balaban J connectivity index is 1.34. The van der Waals surface area contributed by atoms with Gasteiger partial charge in [0.2, 0.25) is 0 Å². The van der Waals surface area contributed by atoms with Crippen LogP contribution in [0.1, 0.15) is 76.7 Å². The quantitative estimate of drug-likeness (QED) is 0.327. The molecule has 0 aliphatic heterocycles. The fraction of sp³-hybridized carbons (Fsp3) is 0.615. The lowest BCUT2D eigenvalue weighted by Crippen LogP contribution is -2.29. The molecule has 2 fully saturated rings. The van der Waals surface area contributed by atoms with Crippen LogP contribution in [0.4, 0.5) is 11.4 Å². The van der Waals surface area contributed by atoms with Crippen molar-refractivity contribution in [2.75, 3.05) is 11.5 Å². The van der Waals surface area contributed by atoms with Crippen LogP contribution in [0.15, 0.2) is 30.4 Å². The monoisotopic (exact) mass is 442 g/mol. The first-order chi connectivity index (χ1) is 15.4. The minimum atomic E-state index is -0.611. The van der Waals surface area contributed by atoms with Crippen molar-refractivity contribution in [2.24, 2.45) is 17.8 Å². The molecular formula is C26H38N2O4. The van der Waals surface area contributed by atoms with Crippen LogP contribution in [0.3, 0.4) is 0 Å². The van der Waals surface area contributed by atoms with Gasteiger partial charge in [-0.3, -0.25) is 0 Å². The maximum atomic E-state index is 12.1. The Morgan fingerprint density at radius 1 is 0.938 bits per heavy atom. The van der Waals surface area contributed by atoms with Gasteiger partial charge in [-0.2, -0.15) is 0 Å². The van der Waals surface area contributed by atoms with Crippen LogP contribution < -0.4 is 11.5 Å². The molecule has 2 aliphatic rings. The third kappa shape index (κ3) is 7.28. The number of carbonyl (C=O) groups excluding carboxylic acids is 2. The molecule has 176 valence electrons. The van der Waals surface area contributed by atoms with Gasteiger partial charge in [-0.25, -0.2) is 9.59 Å². The van der Waals surface area contributed by atoms with Crippen molar-refractivity contribution in [1.82, 2.24) is 0 Å². The average Bonchev–Trinajstić information content (AvgIpc) is 2.78. The molecule has 2 aliphatic carbocycles. The second kappa shape index (κ2) is 11.9. The summed E-state index contributed by atoms with van der Waals surface area (Å²) in [6.45, 7) is 2.30. The Kier molecular flexibility index (Phi) is 9.00. The zero-order valence-corrected chi connectivity index (χ0v) is 19.3. The summed E-state index contributed by atoms with van der Waals surface area (Å²) in [6.07, 6.45) is 14.5. The molecule has 0 bridgehead atoms. The van der Waals surface area contributed by atoms with E-state index in [1.807, 2.05) is 0 Å². The molecular weight excluding hydrogens is 404 g/mol. The molecule has 1 aromatic rings. The standard InChI is InChI=1S/C26H38N2O4/c1-2-3-18-4-6-19(7-5-18)20-9-12-23(13-10-20)32-26(30)15-14-25(29)31-17-21-8-11-22(27)16-24(21)28/h8,11,14-16,18-20,23H,2-7,9-10,12-13,17,27-28H2,1H3. The molecule has 0 spiro atoms. The van der Waals surface area contributed by atoms with Gasteiger partial charge in [0.1, 0.15) is 12.7 Å². The number of esters is 2. The second-order valence-corrected chi connectivity index (χ2v) is 9.44. The van der Waals surface area contributed by atoms with Crippen molar-refractivity contribution in [1.29, 1.82) is 0 Å². The zero-order valence-electron chi connectivity index (χ0n) is 19.3. The Morgan fingerprint density at radius 2 is 1.56 bits per heavy atom. The number of hydrogen-bond donors (Lipinski definition) is 2. The van der Waals surface area contributed by atoms with E-state index in [4.69, 9.17) is 20.9 Å². The zero-order chi connectivity index (χ0) is 22.9. The summed E-state index contributed by atoms with van der Waals surface area (Å²) in [5.74, 6) is 1.47. The van der Waals surface area contributed by atoms with Gasteiger partial charge >= 0.3 is 11.9 Å². The van der Waals surface area contributed by atoms with Crippen LogP contribution >= 0.6 is 0 Å². The number of nitrogen functional groups attached to an aromatic ring is 2. The normalized spacial score (nSPS) is 26.0. The fourth-order valence-electron chi connectivity index (χ4n) is 5.32. The molecule has 6 nitrogen and oxygen atoms in total. The van der Waals surface area contributed by atoms with E-state index in [2.05, 4.69) is 6.92 Å². The topological polar surface area (TPSA) is 105 Å². The Morgan fingerprint density at radius 3 is 2.19 bits per heavy atom. The number of benzene rings is 1. The highest BCUT2D eigenvalue weighted by Gasteiger charge is 2.31. The number of rotatable bonds is 8. The first-order valence-corrected chi connectivity index (χ1v) is 12.1. The van der Waals surface area contributed by atoms with Crippen molar-refractivity contribution in [3.63, 3.8) is 0 Å². The predicted octanol–water partition coefficient (Wildman–Crippen LogP) is 5.16. The molecule has 0 heterocycles. The highest BCUT2D eigenvalue weighted by atomic mass is 16.5. The lowest BCUT2D eigenvalue weighted by Gasteiger charge is -2.37. The molecule has 0 atom stereocenters. The van der Waals surface area contributed by atoms with Gasteiger partial charge in [0.05, 0.1) is 0 Å². The molecule has 32 heavy (non-hydrogen) atoms. The van der Waals surface area contributed by atoms with Crippen molar-refractivity contribution in [3.8, 4) is 0 Å². The summed E-state index contributed by atoms with van der Waals surface area (Å²) in [5.41, 5.74) is 13.2. The second-order valence-electron chi connectivity index (χ2n) is 9.44. The van der Waals surface area contributed by atoms with E-state index in [1.165, 1.54) is 38.5 Å². The number of nitrogens with two attached hydrogens (primary N) is 2. The minimum absolute atomic E-state index is 0.0225. The molecule has 4 N–H and O–H groups in total. The lowest BCUT2D eigenvalue weighted by molar-refractivity contribution is -0.146. The third-order valence-electron chi connectivity index (χ3n) is 7.15. The first-order valence-electron chi connectivity index (χ1n) is 12.1. The van der Waals surface area contributed by atoms with E-state index in [0.29, 0.717) is 16.9 Å². The number of ether oxygens (including phenoxy) is 2. The summed E-state index contributed by atoms with van der Waals surface area (Å²) >= 11 is 0. The summed E-state index contributed by atoms with van der Waals surface area (Å²) in [7, 11) is 0. The van der Waals surface area contributed by atoms with Crippen LogP contribution in [0.2, 0.25) is 0 Å². The maximum Gasteiger partial charge on any atom is 0.331 e. The van der Waals surface area contributed by atoms with E-state index < -0.39 is 11.9 Å². The van der Waals surface area contributed by atoms with Crippen molar-refractivity contribution in [3.05, 3.63) is 35.9 Å². The molecule has 0 radical (unpaired) electrons. The SMILES string of the molecule is CCCC1CCC(C2CCC(OC(=O)C=CC(=O)OCc3ccc(N)cc3N)CC2)CC1. The van der Waals surface area contributed by atoms with Gasteiger partial charge in [-0.1, -0.05) is 38.7 Å². The summed E-state index contributed by atoms with van der Waals surface area (Å²) in [6, 6.07) is 5.02. The van der Waals surface area contributed by atoms with E-state index >= 15 is 0 Å². The van der Waals surface area contributed by atoms with Crippen LogP contribution in [0.25, 0.3) is 0 Å². The maximum absolute atomic E-state index is 12.1. The molecule has 0 saturated heterocycles. The minimum Gasteiger partial charge on any atom is -0.459 e. The highest BCUT2D eigenvalue weighted by Crippen LogP contribution is 2.41. The molecule has 0 unspecified atom stereocenters. The number of anilines is 2. The van der Waals surface area contributed by atoms with E-state index in [9.17, 15) is 9.59 Å². The van der Waals surface area contributed by atoms with Gasteiger partial charge in [0.25, 0.3) is 0 Å². The third-order valence-corrected chi connectivity index (χ3v) is 7.15. The molecule has 1 aromatic carbocycles. The van der Waals surface area contributed by atoms with Crippen molar-refractivity contribution in [2.45, 2.75) is 83.8 Å². The fourth-order valence-corrected chi connectivity index (χ4v) is 5.32. The van der Waals surface area contributed by atoms with Gasteiger partial charge in [0.15, 0.2) is 0 Å². The van der Waals surface area contributed by atoms with E-state index in [1.54, 1.807) is 18.2 Å². The molecule has 0 amide bonds. The molecule has 6 heteroatoms. The highest BCUT2D eigenvalue weighted by molar-refractivity contribution is 5.91. The van der Waals surface area contributed by atoms with Gasteiger partial charge in [0, 0.05) is 29.1 Å². The lowest BCUT2D eigenvalue weighted by atomic mass is 9.70. The smallest absolute Gasteiger partial charge is 0.331 e. The summed E-state index contributed by atoms with van der Waals surface area (Å²) < 4.78 is 10.7. The Labute approximate surface area is 191 Å². The van der Waals surface area contributed by atoms with Crippen LogP contribution in [0.5, 0.6) is 0 Å². The molecule has 2 saturated carbocycles. The van der Waals surface area contributed by atoms with Gasteiger partial charge in [-0.15, -0.1) is 0 Å². The predicted molar refractivity (Wildman–Crippen MR) is 126 cm³/mol. The van der Waals surface area contributed by atoms with Crippen LogP contribution in [0, 0.1) is 17.8 Å². The van der Waals surface area contributed by atoms with E-state index in [-0.39, 0.29) is 12.7 Å². The van der Waals surface area contributed by atoms with Gasteiger partial charge in [-0.05, 0) is 68.4 Å². The Hall–Kier alpha value is -2.50. The van der Waals surface area contributed by atoms with Crippen LogP contribution in [-0.2, 0) is 25.7 Å². The van der Waals surface area contributed by atoms with Crippen molar-refractivity contribution < 1.29 is 19.1 Å². The number of hydrogen-bond acceptors (Lipinski definition) is 6. The number of carbonyl (C=O) groups is 2. The van der Waals surface area contributed by atoms with E-state index in [0.717, 1.165) is 55.6 Å². The van der Waals surface area contributed by atoms with Gasteiger partial charge < -0.3 is 20.9 Å². The molecule has 0 aromatic heterocycles. The average molecular weight is 443 g/mol. The largest absolute Gasteiger partial charge is 0.459 e. The summed E-state index contributed by atoms with van der Waals surface area (Å²) in [4.78, 5) is 24.0. The Bertz CT molecular complexity index is 791.